The summed E-state index contributed by atoms with van der Waals surface area (Å²) in [6, 6.07) is 9.13. The molecule has 40 heavy (non-hydrogen) atoms. The number of fused-ring (bicyclic) bond motifs is 1. The molecule has 9 nitrogen and oxygen atoms in total. The first-order chi connectivity index (χ1) is 19.3. The maximum atomic E-state index is 13.5. The lowest BCUT2D eigenvalue weighted by molar-refractivity contribution is -0.0535. The van der Waals surface area contributed by atoms with Gasteiger partial charge in [0.1, 0.15) is 5.69 Å². The van der Waals surface area contributed by atoms with Gasteiger partial charge < -0.3 is 10.2 Å². The zero-order valence-corrected chi connectivity index (χ0v) is 22.1. The smallest absolute Gasteiger partial charge is 0.276 e. The number of aromatic nitrogens is 3. The Hall–Kier alpha value is -3.99. The van der Waals surface area contributed by atoms with Crippen LogP contribution in [0.2, 0.25) is 0 Å². The lowest BCUT2D eigenvalue weighted by Crippen LogP contribution is -2.40. The second kappa shape index (κ2) is 10.9. The Morgan fingerprint density at radius 3 is 2.62 bits per heavy atom. The molecule has 0 bridgehead atoms. The Morgan fingerprint density at radius 2 is 1.88 bits per heavy atom. The van der Waals surface area contributed by atoms with E-state index >= 15 is 0 Å². The van der Waals surface area contributed by atoms with Crippen LogP contribution >= 0.6 is 0 Å². The predicted molar refractivity (Wildman–Crippen MR) is 148 cm³/mol. The summed E-state index contributed by atoms with van der Waals surface area (Å²) in [7, 11) is 0. The van der Waals surface area contributed by atoms with Crippen LogP contribution in [0.5, 0.6) is 0 Å². The highest BCUT2D eigenvalue weighted by Crippen LogP contribution is 2.31. The molecule has 1 atom stereocenters. The first-order valence-electron chi connectivity index (χ1n) is 13.7. The minimum absolute atomic E-state index is 0.00586. The molecule has 5 heterocycles. The first kappa shape index (κ1) is 26.2. The van der Waals surface area contributed by atoms with Crippen molar-refractivity contribution in [2.45, 2.75) is 43.9 Å². The number of nitrogens with zero attached hydrogens (tertiary/aromatic N) is 5. The molecule has 0 radical (unpaired) electrons. The molecule has 208 valence electrons. The lowest BCUT2D eigenvalue weighted by atomic mass is 9.90. The summed E-state index contributed by atoms with van der Waals surface area (Å²) in [5.41, 5.74) is 3.91. The van der Waals surface area contributed by atoms with Crippen molar-refractivity contribution in [3.8, 4) is 0 Å². The molecule has 0 spiro atoms. The molecule has 2 amide bonds. The summed E-state index contributed by atoms with van der Waals surface area (Å²) in [6.45, 7) is 2.88. The van der Waals surface area contributed by atoms with Crippen molar-refractivity contribution >= 4 is 34.6 Å². The van der Waals surface area contributed by atoms with Crippen LogP contribution in [0, 0.1) is 0 Å². The summed E-state index contributed by atoms with van der Waals surface area (Å²) in [5, 5.41) is 10.7. The molecule has 0 saturated carbocycles. The van der Waals surface area contributed by atoms with Crippen molar-refractivity contribution in [1.29, 1.82) is 0 Å². The molecule has 3 aromatic rings. The average Bonchev–Trinajstić information content (AvgIpc) is 3.65. The van der Waals surface area contributed by atoms with Crippen molar-refractivity contribution in [2.24, 2.45) is 4.99 Å². The highest BCUT2D eigenvalue weighted by Gasteiger charge is 2.34. The third kappa shape index (κ3) is 5.65. The quantitative estimate of drug-likeness (QED) is 0.469. The van der Waals surface area contributed by atoms with E-state index in [4.69, 9.17) is 0 Å². The van der Waals surface area contributed by atoms with E-state index in [1.165, 1.54) is 6.20 Å². The number of benzene rings is 1. The highest BCUT2D eigenvalue weighted by molar-refractivity contribution is 6.11. The normalized spacial score (nSPS) is 21.0. The molecule has 1 unspecified atom stereocenters. The van der Waals surface area contributed by atoms with Gasteiger partial charge in [0.25, 0.3) is 17.7 Å². The summed E-state index contributed by atoms with van der Waals surface area (Å²) in [6.07, 6.45) is 7.73. The third-order valence-electron chi connectivity index (χ3n) is 7.88. The zero-order valence-electron chi connectivity index (χ0n) is 22.1. The second-order valence-electron chi connectivity index (χ2n) is 10.8. The maximum absolute atomic E-state index is 13.5. The number of hydrogen-bond acceptors (Lipinski definition) is 6. The van der Waals surface area contributed by atoms with E-state index in [0.717, 1.165) is 49.0 Å². The number of carbonyl (C=O) groups excluding carboxylic acids is 2. The number of anilines is 1. The van der Waals surface area contributed by atoms with Crippen molar-refractivity contribution in [3.63, 3.8) is 0 Å². The molecular formula is C29H31F2N7O2. The summed E-state index contributed by atoms with van der Waals surface area (Å²) >= 11 is 0. The number of rotatable bonds is 6. The lowest BCUT2D eigenvalue weighted by Gasteiger charge is -2.33. The largest absolute Gasteiger partial charge is 0.337 e. The molecular weight excluding hydrogens is 516 g/mol. The summed E-state index contributed by atoms with van der Waals surface area (Å²) in [4.78, 5) is 38.2. The number of hydrogen-bond donors (Lipinski definition) is 2. The van der Waals surface area contributed by atoms with Gasteiger partial charge in [0.2, 0.25) is 0 Å². The summed E-state index contributed by atoms with van der Waals surface area (Å²) < 4.78 is 27.1. The Kier molecular flexibility index (Phi) is 7.14. The van der Waals surface area contributed by atoms with E-state index in [2.05, 4.69) is 30.4 Å². The molecule has 2 saturated heterocycles. The van der Waals surface area contributed by atoms with E-state index in [9.17, 15) is 18.4 Å². The average molecular weight is 548 g/mol. The topological polar surface area (TPSA) is 107 Å². The van der Waals surface area contributed by atoms with Gasteiger partial charge in [0, 0.05) is 69.3 Å². The number of pyridine rings is 1. The number of carbonyl (C=O) groups is 2. The molecule has 2 aromatic heterocycles. The number of aliphatic imine (C=N–C) groups is 1. The number of halogens is 2. The maximum Gasteiger partial charge on any atom is 0.276 e. The van der Waals surface area contributed by atoms with Gasteiger partial charge in [-0.15, -0.1) is 0 Å². The number of nitrogens with one attached hydrogen (secondary N) is 2. The van der Waals surface area contributed by atoms with E-state index in [1.807, 2.05) is 30.6 Å². The second-order valence-corrected chi connectivity index (χ2v) is 10.8. The van der Waals surface area contributed by atoms with Gasteiger partial charge in [-0.1, -0.05) is 6.07 Å². The number of likely N-dealkylation sites (tertiary alicyclic amines) is 2. The van der Waals surface area contributed by atoms with Crippen molar-refractivity contribution in [3.05, 3.63) is 65.3 Å². The predicted octanol–water partition coefficient (Wildman–Crippen LogP) is 4.62. The molecule has 6 rings (SSSR count). The van der Waals surface area contributed by atoms with Gasteiger partial charge in [0.05, 0.1) is 17.4 Å². The Labute approximate surface area is 230 Å². The van der Waals surface area contributed by atoms with Gasteiger partial charge in [-0.25, -0.2) is 13.8 Å². The molecule has 3 aliphatic heterocycles. The van der Waals surface area contributed by atoms with Gasteiger partial charge >= 0.3 is 0 Å². The monoisotopic (exact) mass is 547 g/mol. The number of H-pyrrole nitrogens is 1. The fourth-order valence-corrected chi connectivity index (χ4v) is 5.58. The molecule has 2 N–H and O–H groups in total. The number of alkyl halides is 2. The summed E-state index contributed by atoms with van der Waals surface area (Å²) in [5.74, 6) is -3.04. The van der Waals surface area contributed by atoms with Crippen LogP contribution in [-0.2, 0) is 0 Å². The van der Waals surface area contributed by atoms with E-state index in [-0.39, 0.29) is 36.3 Å². The molecule has 11 heteroatoms. The Morgan fingerprint density at radius 1 is 1.07 bits per heavy atom. The van der Waals surface area contributed by atoms with Crippen LogP contribution in [0.25, 0.3) is 10.9 Å². The molecule has 2 fully saturated rings. The number of aromatic amines is 1. The fraction of sp³-hybridized carbons (Fsp3) is 0.414. The van der Waals surface area contributed by atoms with Crippen LogP contribution in [0.3, 0.4) is 0 Å². The van der Waals surface area contributed by atoms with E-state index < -0.39 is 5.92 Å². The SMILES string of the molecule is O=C(Nc1ccc(C(=O)N2CCCC2)nc1)c1n[nH]c2ccc(C3C=NC=C(CN4CCC(F)(F)CC4)C3)cc12. The van der Waals surface area contributed by atoms with E-state index in [1.54, 1.807) is 17.0 Å². The van der Waals surface area contributed by atoms with Crippen LogP contribution in [0.1, 0.15) is 64.6 Å². The molecule has 3 aliphatic rings. The van der Waals surface area contributed by atoms with Gasteiger partial charge in [-0.05, 0) is 54.7 Å². The minimum atomic E-state index is -2.56. The van der Waals surface area contributed by atoms with Crippen molar-refractivity contribution in [2.75, 3.05) is 38.0 Å². The van der Waals surface area contributed by atoms with Crippen molar-refractivity contribution < 1.29 is 18.4 Å². The minimum Gasteiger partial charge on any atom is -0.337 e. The van der Waals surface area contributed by atoms with Crippen LogP contribution in [-0.4, -0.2) is 81.7 Å². The van der Waals surface area contributed by atoms with Gasteiger partial charge in [0.15, 0.2) is 5.69 Å². The van der Waals surface area contributed by atoms with Crippen LogP contribution in [0.15, 0.2) is 53.3 Å². The fourth-order valence-electron chi connectivity index (χ4n) is 5.58. The zero-order chi connectivity index (χ0) is 27.7. The molecule has 0 aliphatic carbocycles. The van der Waals surface area contributed by atoms with Crippen molar-refractivity contribution in [1.82, 2.24) is 25.0 Å². The first-order valence-corrected chi connectivity index (χ1v) is 13.7. The number of amides is 2. The van der Waals surface area contributed by atoms with Crippen LogP contribution < -0.4 is 5.32 Å². The van der Waals surface area contributed by atoms with E-state index in [0.29, 0.717) is 36.4 Å². The Bertz CT molecular complexity index is 1470. The number of piperidine rings is 1. The standard InChI is InChI=1S/C29H31F2N7O2/c30-29(31)7-11-37(12-8-29)18-19-13-21(16-32-15-19)20-3-5-24-23(14-20)26(36-35-24)27(39)34-22-4-6-25(33-17-22)28(40)38-9-1-2-10-38/h3-6,14-17,21H,1-2,7-13,18H2,(H,34,39)(H,35,36). The van der Waals surface area contributed by atoms with Gasteiger partial charge in [-0.2, -0.15) is 5.10 Å². The van der Waals surface area contributed by atoms with Gasteiger partial charge in [-0.3, -0.25) is 24.6 Å². The van der Waals surface area contributed by atoms with Crippen LogP contribution in [0.4, 0.5) is 14.5 Å². The molecule has 1 aromatic carbocycles. The highest BCUT2D eigenvalue weighted by atomic mass is 19.3. The Balaban J connectivity index is 1.12. The third-order valence-corrected chi connectivity index (χ3v) is 7.88.